The Labute approximate surface area is 165 Å². The Morgan fingerprint density at radius 3 is 2.85 bits per heavy atom. The van der Waals surface area contributed by atoms with Crippen molar-refractivity contribution < 1.29 is 14.6 Å². The molecular formula is C19H27ClN4O3. The van der Waals surface area contributed by atoms with Gasteiger partial charge in [-0.15, -0.1) is 12.4 Å². The van der Waals surface area contributed by atoms with E-state index in [4.69, 9.17) is 9.47 Å². The molecule has 7 nitrogen and oxygen atoms in total. The maximum Gasteiger partial charge on any atom is 0.161 e. The average Bonchev–Trinajstić information content (AvgIpc) is 3.12. The molecule has 4 rings (SSSR count). The summed E-state index contributed by atoms with van der Waals surface area (Å²) < 4.78 is 13.4. The Morgan fingerprint density at radius 2 is 2.07 bits per heavy atom. The van der Waals surface area contributed by atoms with Crippen molar-refractivity contribution in [1.82, 2.24) is 20.4 Å². The van der Waals surface area contributed by atoms with Crippen LogP contribution in [0.15, 0.2) is 24.4 Å². The fourth-order valence-electron chi connectivity index (χ4n) is 3.54. The van der Waals surface area contributed by atoms with Gasteiger partial charge in [-0.1, -0.05) is 0 Å². The van der Waals surface area contributed by atoms with Crippen LogP contribution in [0.4, 0.5) is 0 Å². The Bertz CT molecular complexity index is 767. The van der Waals surface area contributed by atoms with Crippen LogP contribution in [0.2, 0.25) is 0 Å². The van der Waals surface area contributed by atoms with Crippen molar-refractivity contribution in [2.75, 3.05) is 32.8 Å². The van der Waals surface area contributed by atoms with E-state index in [0.717, 1.165) is 47.8 Å². The van der Waals surface area contributed by atoms with Gasteiger partial charge in [-0.05, 0) is 18.2 Å². The second-order valence-electron chi connectivity index (χ2n) is 7.01. The number of β-amino-alcohol motifs (C(OH)–C–C–N with tert-alkyl or cyclic N) is 1. The van der Waals surface area contributed by atoms with E-state index < -0.39 is 0 Å². The number of ether oxygens (including phenoxy) is 2. The Balaban J connectivity index is 0.00000210. The van der Waals surface area contributed by atoms with Crippen LogP contribution in [-0.2, 0) is 13.6 Å². The monoisotopic (exact) mass is 394 g/mol. The predicted octanol–water partition coefficient (Wildman–Crippen LogP) is 1.34. The number of aryl methyl sites for hydroxylation is 1. The zero-order valence-electron chi connectivity index (χ0n) is 15.5. The van der Waals surface area contributed by atoms with E-state index in [1.807, 2.05) is 36.1 Å². The molecule has 2 aromatic rings. The van der Waals surface area contributed by atoms with Gasteiger partial charge >= 0.3 is 0 Å². The number of halogens is 1. The molecule has 0 radical (unpaired) electrons. The molecule has 1 aromatic heterocycles. The van der Waals surface area contributed by atoms with Gasteiger partial charge in [-0.25, -0.2) is 0 Å². The number of benzene rings is 1. The first-order valence-corrected chi connectivity index (χ1v) is 9.23. The molecule has 2 aliphatic rings. The van der Waals surface area contributed by atoms with E-state index in [1.165, 1.54) is 0 Å². The van der Waals surface area contributed by atoms with Gasteiger partial charge < -0.3 is 25.2 Å². The Kier molecular flexibility index (Phi) is 6.59. The Hall–Kier alpha value is -1.80. The smallest absolute Gasteiger partial charge is 0.161 e. The van der Waals surface area contributed by atoms with Gasteiger partial charge in [-0.2, -0.15) is 5.10 Å². The van der Waals surface area contributed by atoms with Crippen molar-refractivity contribution in [2.24, 2.45) is 13.0 Å². The molecule has 0 aliphatic carbocycles. The zero-order chi connectivity index (χ0) is 17.9. The van der Waals surface area contributed by atoms with Gasteiger partial charge in [0.15, 0.2) is 11.5 Å². The van der Waals surface area contributed by atoms with E-state index in [0.29, 0.717) is 26.3 Å². The van der Waals surface area contributed by atoms with Crippen LogP contribution in [-0.4, -0.2) is 53.8 Å². The number of rotatable bonds is 5. The summed E-state index contributed by atoms with van der Waals surface area (Å²) in [5.74, 6) is 1.84. The summed E-state index contributed by atoms with van der Waals surface area (Å²) in [4.78, 5) is 0. The van der Waals surface area contributed by atoms with E-state index in [-0.39, 0.29) is 24.4 Å². The number of aliphatic hydroxyl groups is 1. The highest BCUT2D eigenvalue weighted by Gasteiger charge is 2.24. The lowest BCUT2D eigenvalue weighted by Crippen LogP contribution is -2.30. The van der Waals surface area contributed by atoms with Gasteiger partial charge in [0.05, 0.1) is 25.0 Å². The number of hydrogen-bond donors (Lipinski definition) is 3. The normalized spacial score (nSPS) is 21.6. The fraction of sp³-hybridized carbons (Fsp3) is 0.526. The summed E-state index contributed by atoms with van der Waals surface area (Å²) in [7, 11) is 1.93. The highest BCUT2D eigenvalue weighted by Crippen LogP contribution is 2.34. The minimum Gasteiger partial charge on any atom is -0.490 e. The molecule has 0 amide bonds. The second kappa shape index (κ2) is 8.93. The SMILES string of the molecule is Cl.Cn1cc(CNCC2CNCC2O)c(-c2ccc3c(c2)OCCCO3)n1. The Morgan fingerprint density at radius 1 is 1.26 bits per heavy atom. The molecule has 27 heavy (non-hydrogen) atoms. The summed E-state index contributed by atoms with van der Waals surface area (Å²) in [6.07, 6.45) is 2.66. The summed E-state index contributed by atoms with van der Waals surface area (Å²) >= 11 is 0. The number of nitrogens with one attached hydrogen (secondary N) is 2. The van der Waals surface area contributed by atoms with E-state index in [2.05, 4.69) is 15.7 Å². The highest BCUT2D eigenvalue weighted by molar-refractivity contribution is 5.85. The molecule has 0 saturated carbocycles. The van der Waals surface area contributed by atoms with Crippen LogP contribution in [0, 0.1) is 5.92 Å². The number of fused-ring (bicyclic) bond motifs is 1. The summed E-state index contributed by atoms with van der Waals surface area (Å²) in [5, 5.41) is 21.2. The van der Waals surface area contributed by atoms with Crippen molar-refractivity contribution >= 4 is 12.4 Å². The third-order valence-electron chi connectivity index (χ3n) is 4.95. The first kappa shape index (κ1) is 19.9. The third kappa shape index (κ3) is 4.55. The molecule has 8 heteroatoms. The molecule has 3 heterocycles. The van der Waals surface area contributed by atoms with Crippen LogP contribution in [0.3, 0.4) is 0 Å². The molecular weight excluding hydrogens is 368 g/mol. The topological polar surface area (TPSA) is 80.6 Å². The fourth-order valence-corrected chi connectivity index (χ4v) is 3.54. The molecule has 148 valence electrons. The van der Waals surface area contributed by atoms with Gasteiger partial charge in [0.2, 0.25) is 0 Å². The second-order valence-corrected chi connectivity index (χ2v) is 7.01. The van der Waals surface area contributed by atoms with Gasteiger partial charge in [0, 0.05) is 62.9 Å². The van der Waals surface area contributed by atoms with Crippen molar-refractivity contribution in [3.63, 3.8) is 0 Å². The molecule has 2 aliphatic heterocycles. The highest BCUT2D eigenvalue weighted by atomic mass is 35.5. The maximum absolute atomic E-state index is 9.91. The van der Waals surface area contributed by atoms with E-state index >= 15 is 0 Å². The molecule has 1 saturated heterocycles. The van der Waals surface area contributed by atoms with Gasteiger partial charge in [0.25, 0.3) is 0 Å². The maximum atomic E-state index is 9.91. The molecule has 3 N–H and O–H groups in total. The van der Waals surface area contributed by atoms with Crippen LogP contribution in [0.5, 0.6) is 11.5 Å². The van der Waals surface area contributed by atoms with Crippen molar-refractivity contribution in [3.05, 3.63) is 30.0 Å². The van der Waals surface area contributed by atoms with Crippen LogP contribution >= 0.6 is 12.4 Å². The zero-order valence-corrected chi connectivity index (χ0v) is 16.3. The molecule has 1 fully saturated rings. The van der Waals surface area contributed by atoms with Crippen LogP contribution in [0.1, 0.15) is 12.0 Å². The van der Waals surface area contributed by atoms with E-state index in [1.54, 1.807) is 0 Å². The summed E-state index contributed by atoms with van der Waals surface area (Å²) in [6, 6.07) is 6.00. The molecule has 2 unspecified atom stereocenters. The molecule has 2 atom stereocenters. The number of nitrogens with zero attached hydrogens (tertiary/aromatic N) is 2. The minimum atomic E-state index is -0.266. The number of aromatic nitrogens is 2. The molecule has 0 spiro atoms. The van der Waals surface area contributed by atoms with Gasteiger partial charge in [0.1, 0.15) is 0 Å². The van der Waals surface area contributed by atoms with Crippen LogP contribution < -0.4 is 20.1 Å². The quantitative estimate of drug-likeness (QED) is 0.710. The first-order valence-electron chi connectivity index (χ1n) is 9.23. The van der Waals surface area contributed by atoms with Gasteiger partial charge in [-0.3, -0.25) is 4.68 Å². The largest absolute Gasteiger partial charge is 0.490 e. The first-order chi connectivity index (χ1) is 12.7. The van der Waals surface area contributed by atoms with Crippen LogP contribution in [0.25, 0.3) is 11.3 Å². The standard InChI is InChI=1S/C19H26N4O3.ClH/c1-23-12-15(10-20-8-14-9-21-11-16(14)24)19(22-23)13-3-4-17-18(7-13)26-6-2-5-25-17;/h3-4,7,12,14,16,20-21,24H,2,5-6,8-11H2,1H3;1H. The van der Waals surface area contributed by atoms with Crippen molar-refractivity contribution in [3.8, 4) is 22.8 Å². The van der Waals surface area contributed by atoms with Crippen molar-refractivity contribution in [2.45, 2.75) is 19.1 Å². The van der Waals surface area contributed by atoms with Crippen molar-refractivity contribution in [1.29, 1.82) is 0 Å². The lowest BCUT2D eigenvalue weighted by molar-refractivity contribution is 0.146. The lowest BCUT2D eigenvalue weighted by atomic mass is 10.1. The molecule has 1 aromatic carbocycles. The summed E-state index contributed by atoms with van der Waals surface area (Å²) in [6.45, 7) is 4.39. The predicted molar refractivity (Wildman–Crippen MR) is 106 cm³/mol. The average molecular weight is 395 g/mol. The number of aliphatic hydroxyl groups excluding tert-OH is 1. The third-order valence-corrected chi connectivity index (χ3v) is 4.95. The lowest BCUT2D eigenvalue weighted by Gasteiger charge is -2.14. The molecule has 0 bridgehead atoms. The van der Waals surface area contributed by atoms with E-state index in [9.17, 15) is 5.11 Å². The number of hydrogen-bond acceptors (Lipinski definition) is 6. The minimum absolute atomic E-state index is 0. The summed E-state index contributed by atoms with van der Waals surface area (Å²) in [5.41, 5.74) is 3.09.